The third-order valence-corrected chi connectivity index (χ3v) is 6.94. The molecule has 1 aliphatic heterocycles. The van der Waals surface area contributed by atoms with E-state index in [1.165, 1.54) is 16.7 Å². The summed E-state index contributed by atoms with van der Waals surface area (Å²) in [5.74, 6) is -0.778. The highest BCUT2D eigenvalue weighted by atomic mass is 79.9. The Bertz CT molecular complexity index is 1030. The molecule has 0 unspecified atom stereocenters. The Balaban J connectivity index is 1.48. The van der Waals surface area contributed by atoms with Crippen LogP contribution in [0, 0.1) is 0 Å². The Morgan fingerprint density at radius 3 is 2.76 bits per heavy atom. The molecule has 0 saturated carbocycles. The quantitative estimate of drug-likeness (QED) is 0.539. The van der Waals surface area contributed by atoms with Gasteiger partial charge in [0.1, 0.15) is 5.01 Å². The van der Waals surface area contributed by atoms with Gasteiger partial charge in [-0.15, -0.1) is 11.3 Å². The number of aromatic nitrogens is 1. The molecule has 0 saturated heterocycles. The predicted octanol–water partition coefficient (Wildman–Crippen LogP) is 4.87. The van der Waals surface area contributed by atoms with Gasteiger partial charge in [-0.3, -0.25) is 4.79 Å². The fourth-order valence-electron chi connectivity index (χ4n) is 3.69. The first-order chi connectivity index (χ1) is 14.1. The second-order valence-electron chi connectivity index (χ2n) is 7.37. The summed E-state index contributed by atoms with van der Waals surface area (Å²) in [5, 5.41) is 15.5. The molecule has 0 radical (unpaired) electrons. The number of carboxylic acid groups (broad SMARTS) is 1. The number of nitrogens with one attached hydrogen (secondary N) is 1. The summed E-state index contributed by atoms with van der Waals surface area (Å²) >= 11 is 5.23. The van der Waals surface area contributed by atoms with Gasteiger partial charge in [-0.25, -0.2) is 4.98 Å². The van der Waals surface area contributed by atoms with Crippen molar-refractivity contribution in [3.63, 3.8) is 0 Å². The molecule has 2 heterocycles. The van der Waals surface area contributed by atoms with Gasteiger partial charge in [0.25, 0.3) is 0 Å². The average molecular weight is 471 g/mol. The minimum atomic E-state index is -0.778. The van der Waals surface area contributed by atoms with E-state index in [1.54, 1.807) is 11.3 Å². The van der Waals surface area contributed by atoms with Crippen molar-refractivity contribution in [2.24, 2.45) is 0 Å². The lowest BCUT2D eigenvalue weighted by molar-refractivity contribution is -0.136. The SMILES string of the molecule is O=C(O)CCc1ccc(-c2nc(Cc3ccc4c(c3)CCNCC4)cs2)cc1Br. The summed E-state index contributed by atoms with van der Waals surface area (Å²) < 4.78 is 0.937. The zero-order valence-corrected chi connectivity index (χ0v) is 18.5. The van der Waals surface area contributed by atoms with E-state index >= 15 is 0 Å². The number of thiazole rings is 1. The summed E-state index contributed by atoms with van der Waals surface area (Å²) in [4.78, 5) is 15.6. The Hall–Kier alpha value is -2.02. The molecule has 3 aromatic rings. The van der Waals surface area contributed by atoms with Crippen molar-refractivity contribution < 1.29 is 9.90 Å². The minimum Gasteiger partial charge on any atom is -0.481 e. The van der Waals surface area contributed by atoms with E-state index < -0.39 is 5.97 Å². The lowest BCUT2D eigenvalue weighted by Crippen LogP contribution is -2.16. The molecule has 1 aliphatic rings. The second kappa shape index (κ2) is 9.20. The maximum Gasteiger partial charge on any atom is 0.303 e. The molecular weight excluding hydrogens is 448 g/mol. The van der Waals surface area contributed by atoms with Crippen molar-refractivity contribution in [2.75, 3.05) is 13.1 Å². The number of carbonyl (C=O) groups is 1. The van der Waals surface area contributed by atoms with Gasteiger partial charge in [-0.1, -0.05) is 46.3 Å². The standard InChI is InChI=1S/C23H23BrN2O2S/c24-21-13-19(4-3-17(21)5-6-22(27)28)23-26-20(14-29-23)12-15-1-2-16-7-9-25-10-8-18(16)11-15/h1-4,11,13-14,25H,5-10,12H2,(H,27,28). The van der Waals surface area contributed by atoms with Crippen LogP contribution in [0.2, 0.25) is 0 Å². The molecule has 0 spiro atoms. The lowest BCUT2D eigenvalue weighted by Gasteiger charge is -2.08. The van der Waals surface area contributed by atoms with Crippen LogP contribution < -0.4 is 5.32 Å². The number of hydrogen-bond acceptors (Lipinski definition) is 4. The van der Waals surface area contributed by atoms with Crippen molar-refractivity contribution in [1.29, 1.82) is 0 Å². The third kappa shape index (κ3) is 5.13. The zero-order valence-electron chi connectivity index (χ0n) is 16.1. The monoisotopic (exact) mass is 470 g/mol. The maximum absolute atomic E-state index is 10.8. The summed E-state index contributed by atoms with van der Waals surface area (Å²) in [6.07, 6.45) is 3.69. The van der Waals surface area contributed by atoms with Gasteiger partial charge in [0.05, 0.1) is 5.69 Å². The van der Waals surface area contributed by atoms with Crippen LogP contribution in [0.25, 0.3) is 10.6 Å². The number of nitrogens with zero attached hydrogens (tertiary/aromatic N) is 1. The van der Waals surface area contributed by atoms with E-state index in [0.29, 0.717) is 6.42 Å². The van der Waals surface area contributed by atoms with E-state index in [1.807, 2.05) is 18.2 Å². The largest absolute Gasteiger partial charge is 0.481 e. The van der Waals surface area contributed by atoms with E-state index in [4.69, 9.17) is 10.1 Å². The van der Waals surface area contributed by atoms with Crippen molar-refractivity contribution in [2.45, 2.75) is 32.1 Å². The molecule has 29 heavy (non-hydrogen) atoms. The molecule has 0 amide bonds. The van der Waals surface area contributed by atoms with Gasteiger partial charge in [0, 0.05) is 28.3 Å². The summed E-state index contributed by atoms with van der Waals surface area (Å²) in [6.45, 7) is 2.11. The van der Waals surface area contributed by atoms with Gasteiger partial charge in [-0.05, 0) is 60.7 Å². The smallest absolute Gasteiger partial charge is 0.303 e. The van der Waals surface area contributed by atoms with Crippen LogP contribution in [0.15, 0.2) is 46.3 Å². The van der Waals surface area contributed by atoms with Crippen LogP contribution in [-0.4, -0.2) is 29.1 Å². The van der Waals surface area contributed by atoms with E-state index in [-0.39, 0.29) is 6.42 Å². The molecule has 0 bridgehead atoms. The summed E-state index contributed by atoms with van der Waals surface area (Å²) in [6, 6.07) is 12.9. The van der Waals surface area contributed by atoms with Gasteiger partial charge in [0.2, 0.25) is 0 Å². The number of hydrogen-bond donors (Lipinski definition) is 2. The molecule has 0 fully saturated rings. The molecule has 6 heteroatoms. The molecular formula is C23H23BrN2O2S. The van der Waals surface area contributed by atoms with Gasteiger partial charge in [-0.2, -0.15) is 0 Å². The molecule has 150 valence electrons. The molecule has 0 aliphatic carbocycles. The summed E-state index contributed by atoms with van der Waals surface area (Å²) in [5.41, 5.74) is 7.39. The highest BCUT2D eigenvalue weighted by Gasteiger charge is 2.11. The Morgan fingerprint density at radius 1 is 1.14 bits per heavy atom. The fraction of sp³-hybridized carbons (Fsp3) is 0.304. The highest BCUT2D eigenvalue weighted by Crippen LogP contribution is 2.30. The van der Waals surface area contributed by atoms with Crippen molar-refractivity contribution in [3.05, 3.63) is 74.2 Å². The Morgan fingerprint density at radius 2 is 1.97 bits per heavy atom. The van der Waals surface area contributed by atoms with Crippen LogP contribution in [0.4, 0.5) is 0 Å². The first-order valence-corrected chi connectivity index (χ1v) is 11.5. The normalized spacial score (nSPS) is 13.7. The average Bonchev–Trinajstić information content (AvgIpc) is 3.03. The van der Waals surface area contributed by atoms with Crippen LogP contribution in [0.1, 0.15) is 34.4 Å². The van der Waals surface area contributed by atoms with E-state index in [0.717, 1.165) is 58.7 Å². The van der Waals surface area contributed by atoms with Crippen LogP contribution in [0.5, 0.6) is 0 Å². The van der Waals surface area contributed by atoms with Crippen LogP contribution in [0.3, 0.4) is 0 Å². The highest BCUT2D eigenvalue weighted by molar-refractivity contribution is 9.10. The zero-order chi connectivity index (χ0) is 20.2. The van der Waals surface area contributed by atoms with Crippen LogP contribution in [-0.2, 0) is 30.5 Å². The third-order valence-electron chi connectivity index (χ3n) is 5.26. The van der Waals surface area contributed by atoms with Crippen LogP contribution >= 0.6 is 27.3 Å². The van der Waals surface area contributed by atoms with E-state index in [9.17, 15) is 4.79 Å². The number of aliphatic carboxylic acids is 1. The number of fused-ring (bicyclic) bond motifs is 1. The number of halogens is 1. The molecule has 0 atom stereocenters. The lowest BCUT2D eigenvalue weighted by atomic mass is 9.98. The Kier molecular flexibility index (Phi) is 6.43. The number of aryl methyl sites for hydroxylation is 1. The summed E-state index contributed by atoms with van der Waals surface area (Å²) in [7, 11) is 0. The van der Waals surface area contributed by atoms with Gasteiger partial charge < -0.3 is 10.4 Å². The minimum absolute atomic E-state index is 0.135. The predicted molar refractivity (Wildman–Crippen MR) is 121 cm³/mol. The number of benzene rings is 2. The van der Waals surface area contributed by atoms with Gasteiger partial charge in [0.15, 0.2) is 0 Å². The topological polar surface area (TPSA) is 62.2 Å². The van der Waals surface area contributed by atoms with E-state index in [2.05, 4.69) is 44.8 Å². The fourth-order valence-corrected chi connectivity index (χ4v) is 5.09. The van der Waals surface area contributed by atoms with Crippen molar-refractivity contribution >= 4 is 33.2 Å². The van der Waals surface area contributed by atoms with Gasteiger partial charge >= 0.3 is 5.97 Å². The van der Waals surface area contributed by atoms with Crippen molar-refractivity contribution in [3.8, 4) is 10.6 Å². The maximum atomic E-state index is 10.8. The molecule has 4 nitrogen and oxygen atoms in total. The molecule has 2 aromatic carbocycles. The Labute approximate surface area is 183 Å². The molecule has 2 N–H and O–H groups in total. The number of carboxylic acids is 1. The first-order valence-electron chi connectivity index (χ1n) is 9.85. The second-order valence-corrected chi connectivity index (χ2v) is 9.09. The van der Waals surface area contributed by atoms with Crippen molar-refractivity contribution in [1.82, 2.24) is 10.3 Å². The molecule has 1 aromatic heterocycles. The molecule has 4 rings (SSSR count). The first kappa shape index (κ1) is 20.3. The number of rotatable bonds is 6.